The number of hydrogen-bond donors (Lipinski definition) is 1. The Labute approximate surface area is 120 Å². The topological polar surface area (TPSA) is 21.3 Å². The van der Waals surface area contributed by atoms with Gasteiger partial charge in [-0.2, -0.15) is 0 Å². The van der Waals surface area contributed by atoms with Crippen LogP contribution in [0.3, 0.4) is 0 Å². The zero-order chi connectivity index (χ0) is 13.6. The molecule has 3 rings (SSSR count). The summed E-state index contributed by atoms with van der Waals surface area (Å²) in [5, 5.41) is 3.64. The number of hydrogen-bond acceptors (Lipinski definition) is 2. The lowest BCUT2D eigenvalue weighted by molar-refractivity contribution is 0.0429. The molecule has 1 aliphatic rings. The van der Waals surface area contributed by atoms with E-state index in [0.717, 1.165) is 26.0 Å². The molecule has 0 bridgehead atoms. The fourth-order valence-corrected chi connectivity index (χ4v) is 2.81. The fraction of sp³-hybridized carbons (Fsp3) is 0.333. The van der Waals surface area contributed by atoms with Crippen molar-refractivity contribution in [2.75, 3.05) is 13.2 Å². The minimum absolute atomic E-state index is 0.197. The van der Waals surface area contributed by atoms with Gasteiger partial charge in [0.1, 0.15) is 0 Å². The maximum absolute atomic E-state index is 6.11. The van der Waals surface area contributed by atoms with E-state index in [1.54, 1.807) is 0 Å². The third kappa shape index (κ3) is 3.27. The molecular weight excluding hydrogens is 246 g/mol. The number of nitrogens with one attached hydrogen (secondary N) is 1. The SMILES string of the molecule is c1ccc(CC2OCCCNC2c2ccccc2)cc1. The van der Waals surface area contributed by atoms with Gasteiger partial charge in [-0.05, 0) is 24.1 Å². The second-order valence-electron chi connectivity index (χ2n) is 5.29. The lowest BCUT2D eigenvalue weighted by Crippen LogP contribution is -2.33. The van der Waals surface area contributed by atoms with Crippen molar-refractivity contribution >= 4 is 0 Å². The molecule has 104 valence electrons. The first kappa shape index (κ1) is 13.3. The Kier molecular flexibility index (Phi) is 4.46. The van der Waals surface area contributed by atoms with E-state index in [4.69, 9.17) is 4.74 Å². The second-order valence-corrected chi connectivity index (χ2v) is 5.29. The van der Waals surface area contributed by atoms with Crippen LogP contribution in [0.4, 0.5) is 0 Å². The molecule has 1 N–H and O–H groups in total. The average Bonchev–Trinajstić information content (AvgIpc) is 2.75. The van der Waals surface area contributed by atoms with Crippen LogP contribution >= 0.6 is 0 Å². The van der Waals surface area contributed by atoms with E-state index < -0.39 is 0 Å². The largest absolute Gasteiger partial charge is 0.376 e. The molecule has 0 saturated carbocycles. The van der Waals surface area contributed by atoms with E-state index in [9.17, 15) is 0 Å². The number of rotatable bonds is 3. The molecule has 1 saturated heterocycles. The molecule has 0 aliphatic carbocycles. The van der Waals surface area contributed by atoms with Crippen LogP contribution in [0.15, 0.2) is 60.7 Å². The van der Waals surface area contributed by atoms with Crippen molar-refractivity contribution in [3.05, 3.63) is 71.8 Å². The lowest BCUT2D eigenvalue weighted by Gasteiger charge is -2.26. The van der Waals surface area contributed by atoms with Gasteiger partial charge >= 0.3 is 0 Å². The minimum atomic E-state index is 0.197. The number of benzene rings is 2. The first-order chi connectivity index (χ1) is 9.93. The Balaban J connectivity index is 1.81. The summed E-state index contributed by atoms with van der Waals surface area (Å²) < 4.78 is 6.11. The van der Waals surface area contributed by atoms with Crippen LogP contribution in [0, 0.1) is 0 Å². The van der Waals surface area contributed by atoms with Crippen molar-refractivity contribution in [1.82, 2.24) is 5.32 Å². The third-order valence-corrected chi connectivity index (χ3v) is 3.83. The predicted molar refractivity (Wildman–Crippen MR) is 81.7 cm³/mol. The molecule has 1 heterocycles. The van der Waals surface area contributed by atoms with Crippen molar-refractivity contribution in [3.63, 3.8) is 0 Å². The summed E-state index contributed by atoms with van der Waals surface area (Å²) in [6.45, 7) is 1.86. The zero-order valence-corrected chi connectivity index (χ0v) is 11.7. The highest BCUT2D eigenvalue weighted by atomic mass is 16.5. The summed E-state index contributed by atoms with van der Waals surface area (Å²) >= 11 is 0. The van der Waals surface area contributed by atoms with Gasteiger partial charge < -0.3 is 10.1 Å². The minimum Gasteiger partial charge on any atom is -0.376 e. The summed E-state index contributed by atoms with van der Waals surface area (Å²) in [5.74, 6) is 0. The van der Waals surface area contributed by atoms with Crippen LogP contribution < -0.4 is 5.32 Å². The molecule has 2 heteroatoms. The van der Waals surface area contributed by atoms with Gasteiger partial charge in [-0.3, -0.25) is 0 Å². The Hall–Kier alpha value is -1.64. The maximum Gasteiger partial charge on any atom is 0.0809 e. The second kappa shape index (κ2) is 6.69. The van der Waals surface area contributed by atoms with E-state index in [-0.39, 0.29) is 12.1 Å². The summed E-state index contributed by atoms with van der Waals surface area (Å²) in [6, 6.07) is 21.5. The predicted octanol–water partition coefficient (Wildman–Crippen LogP) is 3.35. The van der Waals surface area contributed by atoms with Gasteiger partial charge in [-0.25, -0.2) is 0 Å². The molecule has 0 aromatic heterocycles. The third-order valence-electron chi connectivity index (χ3n) is 3.83. The first-order valence-corrected chi connectivity index (χ1v) is 7.37. The maximum atomic E-state index is 6.11. The standard InChI is InChI=1S/C18H21NO/c1-3-8-15(9-4-1)14-17-18(19-12-7-13-20-17)16-10-5-2-6-11-16/h1-6,8-11,17-19H,7,12-14H2. The monoisotopic (exact) mass is 267 g/mol. The van der Waals surface area contributed by atoms with Gasteiger partial charge in [-0.15, -0.1) is 0 Å². The van der Waals surface area contributed by atoms with Gasteiger partial charge in [0, 0.05) is 13.0 Å². The molecule has 2 atom stereocenters. The molecule has 1 fully saturated rings. The first-order valence-electron chi connectivity index (χ1n) is 7.37. The summed E-state index contributed by atoms with van der Waals surface area (Å²) in [5.41, 5.74) is 2.65. The van der Waals surface area contributed by atoms with E-state index in [0.29, 0.717) is 0 Å². The summed E-state index contributed by atoms with van der Waals surface area (Å²) in [7, 11) is 0. The highest BCUT2D eigenvalue weighted by Crippen LogP contribution is 2.24. The van der Waals surface area contributed by atoms with Crippen LogP contribution in [0.25, 0.3) is 0 Å². The van der Waals surface area contributed by atoms with Gasteiger partial charge in [0.2, 0.25) is 0 Å². The average molecular weight is 267 g/mol. The smallest absolute Gasteiger partial charge is 0.0809 e. The van der Waals surface area contributed by atoms with Crippen LogP contribution in [0.5, 0.6) is 0 Å². The van der Waals surface area contributed by atoms with Crippen LogP contribution in [-0.2, 0) is 11.2 Å². The molecule has 20 heavy (non-hydrogen) atoms. The Morgan fingerprint density at radius 1 is 0.950 bits per heavy atom. The van der Waals surface area contributed by atoms with Crippen molar-refractivity contribution in [2.45, 2.75) is 25.0 Å². The van der Waals surface area contributed by atoms with Crippen molar-refractivity contribution in [1.29, 1.82) is 0 Å². The van der Waals surface area contributed by atoms with Crippen LogP contribution in [-0.4, -0.2) is 19.3 Å². The van der Waals surface area contributed by atoms with Gasteiger partial charge in [-0.1, -0.05) is 60.7 Å². The van der Waals surface area contributed by atoms with E-state index >= 15 is 0 Å². The van der Waals surface area contributed by atoms with Crippen molar-refractivity contribution in [2.24, 2.45) is 0 Å². The molecule has 0 radical (unpaired) electrons. The van der Waals surface area contributed by atoms with E-state index in [1.807, 2.05) is 0 Å². The molecule has 2 nitrogen and oxygen atoms in total. The normalized spacial score (nSPS) is 23.2. The zero-order valence-electron chi connectivity index (χ0n) is 11.7. The fourth-order valence-electron chi connectivity index (χ4n) is 2.81. The van der Waals surface area contributed by atoms with Crippen LogP contribution in [0.2, 0.25) is 0 Å². The quantitative estimate of drug-likeness (QED) is 0.921. The van der Waals surface area contributed by atoms with Crippen LogP contribution in [0.1, 0.15) is 23.6 Å². The Morgan fingerprint density at radius 3 is 2.40 bits per heavy atom. The molecule has 0 amide bonds. The van der Waals surface area contributed by atoms with Gasteiger partial charge in [0.05, 0.1) is 12.1 Å². The highest BCUT2D eigenvalue weighted by molar-refractivity contribution is 5.23. The van der Waals surface area contributed by atoms with Gasteiger partial charge in [0.15, 0.2) is 0 Å². The molecule has 2 aromatic rings. The number of ether oxygens (including phenoxy) is 1. The summed E-state index contributed by atoms with van der Waals surface area (Å²) in [4.78, 5) is 0. The van der Waals surface area contributed by atoms with Crippen molar-refractivity contribution in [3.8, 4) is 0 Å². The van der Waals surface area contributed by atoms with E-state index in [2.05, 4.69) is 66.0 Å². The molecule has 1 aliphatic heterocycles. The van der Waals surface area contributed by atoms with Gasteiger partial charge in [0.25, 0.3) is 0 Å². The molecule has 2 unspecified atom stereocenters. The molecule has 2 aromatic carbocycles. The molecule has 0 spiro atoms. The Bertz CT molecular complexity index is 511. The summed E-state index contributed by atoms with van der Waals surface area (Å²) in [6.07, 6.45) is 2.23. The Morgan fingerprint density at radius 2 is 1.65 bits per heavy atom. The van der Waals surface area contributed by atoms with Crippen molar-refractivity contribution < 1.29 is 4.74 Å². The highest BCUT2D eigenvalue weighted by Gasteiger charge is 2.25. The van der Waals surface area contributed by atoms with E-state index in [1.165, 1.54) is 11.1 Å². The molecular formula is C18H21NO. The lowest BCUT2D eigenvalue weighted by atomic mass is 9.96.